The first-order valence-electron chi connectivity index (χ1n) is 9.62. The fourth-order valence-electron chi connectivity index (χ4n) is 3.59. The Bertz CT molecular complexity index is 954. The van der Waals surface area contributed by atoms with Crippen molar-refractivity contribution in [1.29, 1.82) is 0 Å². The highest BCUT2D eigenvalue weighted by Gasteiger charge is 2.40. The standard InChI is InChI=1S/C22H22FN3O3/c1-2-11-29-17-9-5-15(6-10-17)20-19-18(24-22(28)25-20)13-26(21(19)27)12-14-3-7-16(23)8-4-14/h3-10,20H,2,11-13H2,1H3,(H2,24,25,28). The number of hydrogen-bond donors (Lipinski definition) is 2. The number of benzene rings is 2. The number of rotatable bonds is 6. The molecule has 3 amide bonds. The van der Waals surface area contributed by atoms with Crippen LogP contribution in [0.1, 0.15) is 30.5 Å². The van der Waals surface area contributed by atoms with Crippen LogP contribution in [0.5, 0.6) is 5.75 Å². The Hall–Kier alpha value is -3.35. The molecule has 0 spiro atoms. The van der Waals surface area contributed by atoms with Crippen molar-refractivity contribution in [2.45, 2.75) is 25.9 Å². The fraction of sp³-hybridized carbons (Fsp3) is 0.273. The van der Waals surface area contributed by atoms with Crippen molar-refractivity contribution in [1.82, 2.24) is 15.5 Å². The van der Waals surface area contributed by atoms with Crippen LogP contribution in [-0.2, 0) is 11.3 Å². The molecule has 0 fully saturated rings. The van der Waals surface area contributed by atoms with Gasteiger partial charge in [0.05, 0.1) is 30.5 Å². The largest absolute Gasteiger partial charge is 0.494 e. The molecule has 1 atom stereocenters. The lowest BCUT2D eigenvalue weighted by Gasteiger charge is -2.25. The van der Waals surface area contributed by atoms with Crippen LogP contribution >= 0.6 is 0 Å². The maximum Gasteiger partial charge on any atom is 0.319 e. The number of urea groups is 1. The van der Waals surface area contributed by atoms with Gasteiger partial charge in [-0.25, -0.2) is 9.18 Å². The molecule has 2 aliphatic rings. The number of carbonyl (C=O) groups excluding carboxylic acids is 2. The quantitative estimate of drug-likeness (QED) is 0.789. The molecule has 2 heterocycles. The van der Waals surface area contributed by atoms with Gasteiger partial charge < -0.3 is 20.3 Å². The molecule has 0 saturated carbocycles. The van der Waals surface area contributed by atoms with Gasteiger partial charge in [-0.1, -0.05) is 31.2 Å². The molecule has 0 aliphatic carbocycles. The van der Waals surface area contributed by atoms with Crippen LogP contribution in [0.15, 0.2) is 59.8 Å². The summed E-state index contributed by atoms with van der Waals surface area (Å²) >= 11 is 0. The van der Waals surface area contributed by atoms with Gasteiger partial charge in [0.25, 0.3) is 5.91 Å². The van der Waals surface area contributed by atoms with E-state index in [2.05, 4.69) is 10.6 Å². The summed E-state index contributed by atoms with van der Waals surface area (Å²) in [6.07, 6.45) is 0.917. The highest BCUT2D eigenvalue weighted by atomic mass is 19.1. The summed E-state index contributed by atoms with van der Waals surface area (Å²) in [4.78, 5) is 26.9. The molecule has 2 aliphatic heterocycles. The smallest absolute Gasteiger partial charge is 0.319 e. The SMILES string of the molecule is CCCOc1ccc(C2NC(=O)NC3=C2C(=O)N(Cc2ccc(F)cc2)C3)cc1. The van der Waals surface area contributed by atoms with Crippen molar-refractivity contribution in [2.75, 3.05) is 13.2 Å². The van der Waals surface area contributed by atoms with Gasteiger partial charge in [0, 0.05) is 6.54 Å². The Morgan fingerprint density at radius 2 is 1.83 bits per heavy atom. The number of amides is 3. The first-order chi connectivity index (χ1) is 14.0. The van der Waals surface area contributed by atoms with Crippen LogP contribution in [0.25, 0.3) is 0 Å². The van der Waals surface area contributed by atoms with E-state index in [1.54, 1.807) is 17.0 Å². The lowest BCUT2D eigenvalue weighted by Crippen LogP contribution is -2.44. The number of halogens is 1. The maximum atomic E-state index is 13.1. The summed E-state index contributed by atoms with van der Waals surface area (Å²) < 4.78 is 18.7. The van der Waals surface area contributed by atoms with Gasteiger partial charge in [-0.2, -0.15) is 0 Å². The maximum absolute atomic E-state index is 13.1. The summed E-state index contributed by atoms with van der Waals surface area (Å²) in [6.45, 7) is 3.33. The first-order valence-corrected chi connectivity index (χ1v) is 9.62. The minimum Gasteiger partial charge on any atom is -0.494 e. The Labute approximate surface area is 168 Å². The Kier molecular flexibility index (Phi) is 5.20. The monoisotopic (exact) mass is 395 g/mol. The van der Waals surface area contributed by atoms with Crippen LogP contribution in [0.2, 0.25) is 0 Å². The van der Waals surface area contributed by atoms with Gasteiger partial charge in [-0.3, -0.25) is 4.79 Å². The number of nitrogens with one attached hydrogen (secondary N) is 2. The van der Waals surface area contributed by atoms with E-state index in [1.165, 1.54) is 12.1 Å². The number of carbonyl (C=O) groups is 2. The summed E-state index contributed by atoms with van der Waals surface area (Å²) in [5.41, 5.74) is 2.78. The average Bonchev–Trinajstić information content (AvgIpc) is 3.03. The van der Waals surface area contributed by atoms with Crippen LogP contribution in [0.3, 0.4) is 0 Å². The molecular formula is C22H22FN3O3. The van der Waals surface area contributed by atoms with Gasteiger partial charge in [0.2, 0.25) is 0 Å². The van der Waals surface area contributed by atoms with Crippen LogP contribution in [0.4, 0.5) is 9.18 Å². The molecule has 29 heavy (non-hydrogen) atoms. The highest BCUT2D eigenvalue weighted by Crippen LogP contribution is 2.33. The van der Waals surface area contributed by atoms with E-state index >= 15 is 0 Å². The minimum absolute atomic E-state index is 0.145. The van der Waals surface area contributed by atoms with E-state index in [0.717, 1.165) is 23.3 Å². The predicted octanol–water partition coefficient (Wildman–Crippen LogP) is 3.26. The van der Waals surface area contributed by atoms with E-state index in [-0.39, 0.29) is 17.8 Å². The predicted molar refractivity (Wildman–Crippen MR) is 105 cm³/mol. The summed E-state index contributed by atoms with van der Waals surface area (Å²) in [7, 11) is 0. The van der Waals surface area contributed by atoms with Crippen LogP contribution in [-0.4, -0.2) is 30.0 Å². The topological polar surface area (TPSA) is 70.7 Å². The van der Waals surface area contributed by atoms with Crippen molar-refractivity contribution in [2.24, 2.45) is 0 Å². The average molecular weight is 395 g/mol. The van der Waals surface area contributed by atoms with Crippen molar-refractivity contribution in [3.05, 3.63) is 76.7 Å². The zero-order chi connectivity index (χ0) is 20.4. The minimum atomic E-state index is -0.523. The van der Waals surface area contributed by atoms with Gasteiger partial charge in [-0.05, 0) is 41.8 Å². The van der Waals surface area contributed by atoms with Crippen LogP contribution < -0.4 is 15.4 Å². The zero-order valence-electron chi connectivity index (χ0n) is 16.1. The van der Waals surface area contributed by atoms with Gasteiger partial charge in [0.15, 0.2) is 0 Å². The Balaban J connectivity index is 1.55. The number of ether oxygens (including phenoxy) is 1. The summed E-state index contributed by atoms with van der Waals surface area (Å²) in [5, 5.41) is 5.60. The van der Waals surface area contributed by atoms with Gasteiger partial charge >= 0.3 is 6.03 Å². The molecule has 7 heteroatoms. The zero-order valence-corrected chi connectivity index (χ0v) is 16.1. The van der Waals surface area contributed by atoms with Crippen molar-refractivity contribution < 1.29 is 18.7 Å². The Morgan fingerprint density at radius 1 is 1.10 bits per heavy atom. The Morgan fingerprint density at radius 3 is 2.52 bits per heavy atom. The molecular weight excluding hydrogens is 373 g/mol. The summed E-state index contributed by atoms with van der Waals surface area (Å²) in [5.74, 6) is 0.288. The molecule has 0 saturated heterocycles. The third-order valence-electron chi connectivity index (χ3n) is 4.99. The second-order valence-corrected chi connectivity index (χ2v) is 7.13. The molecule has 150 valence electrons. The molecule has 6 nitrogen and oxygen atoms in total. The van der Waals surface area contributed by atoms with Crippen molar-refractivity contribution >= 4 is 11.9 Å². The lowest BCUT2D eigenvalue weighted by atomic mass is 9.96. The van der Waals surface area contributed by atoms with E-state index < -0.39 is 6.04 Å². The molecule has 0 aromatic heterocycles. The van der Waals surface area contributed by atoms with E-state index in [4.69, 9.17) is 4.74 Å². The van der Waals surface area contributed by atoms with Gasteiger partial charge in [-0.15, -0.1) is 0 Å². The molecule has 0 bridgehead atoms. The van der Waals surface area contributed by atoms with E-state index in [9.17, 15) is 14.0 Å². The lowest BCUT2D eigenvalue weighted by molar-refractivity contribution is -0.126. The molecule has 2 N–H and O–H groups in total. The molecule has 4 rings (SSSR count). The van der Waals surface area contributed by atoms with Crippen LogP contribution in [0, 0.1) is 5.82 Å². The second-order valence-electron chi connectivity index (χ2n) is 7.13. The highest BCUT2D eigenvalue weighted by molar-refractivity contribution is 6.01. The molecule has 0 radical (unpaired) electrons. The summed E-state index contributed by atoms with van der Waals surface area (Å²) in [6, 6.07) is 12.6. The van der Waals surface area contributed by atoms with Gasteiger partial charge in [0.1, 0.15) is 11.6 Å². The third kappa shape index (κ3) is 3.94. The fourth-order valence-corrected chi connectivity index (χ4v) is 3.59. The molecule has 2 aromatic rings. The number of hydrogen-bond acceptors (Lipinski definition) is 3. The van der Waals surface area contributed by atoms with E-state index in [0.29, 0.717) is 31.0 Å². The van der Waals surface area contributed by atoms with Crippen molar-refractivity contribution in [3.63, 3.8) is 0 Å². The molecule has 2 aromatic carbocycles. The van der Waals surface area contributed by atoms with E-state index in [1.807, 2.05) is 31.2 Å². The molecule has 1 unspecified atom stereocenters. The third-order valence-corrected chi connectivity index (χ3v) is 4.99. The normalized spacial score (nSPS) is 18.4. The second kappa shape index (κ2) is 7.95. The first kappa shape index (κ1) is 19.0. The number of nitrogens with zero attached hydrogens (tertiary/aromatic N) is 1. The van der Waals surface area contributed by atoms with Crippen molar-refractivity contribution in [3.8, 4) is 5.75 Å².